The molecule has 22 heavy (non-hydrogen) atoms. The van der Waals surface area contributed by atoms with Crippen LogP contribution < -0.4 is 0 Å². The van der Waals surface area contributed by atoms with Crippen LogP contribution >= 0.6 is 0 Å². The zero-order valence-corrected chi connectivity index (χ0v) is 12.8. The summed E-state index contributed by atoms with van der Waals surface area (Å²) in [5, 5.41) is 0. The highest BCUT2D eigenvalue weighted by Gasteiger charge is 2.37. The smallest absolute Gasteiger partial charge is 0.228 e. The van der Waals surface area contributed by atoms with Crippen molar-refractivity contribution in [2.24, 2.45) is 5.92 Å². The second kappa shape index (κ2) is 6.44. The zero-order chi connectivity index (χ0) is 15.5. The highest BCUT2D eigenvalue weighted by atomic mass is 16.5. The van der Waals surface area contributed by atoms with E-state index in [1.165, 1.54) is 0 Å². The first-order valence-electron chi connectivity index (χ1n) is 7.71. The van der Waals surface area contributed by atoms with E-state index in [1.54, 1.807) is 11.1 Å². The Labute approximate surface area is 130 Å². The van der Waals surface area contributed by atoms with Gasteiger partial charge in [-0.3, -0.25) is 14.6 Å². The van der Waals surface area contributed by atoms with Gasteiger partial charge in [0.15, 0.2) is 0 Å². The minimum absolute atomic E-state index is 0.0327. The maximum atomic E-state index is 12.6. The molecule has 3 rings (SSSR count). The number of pyridine rings is 1. The van der Waals surface area contributed by atoms with Gasteiger partial charge in [-0.2, -0.15) is 0 Å². The van der Waals surface area contributed by atoms with Gasteiger partial charge >= 0.3 is 0 Å². The van der Waals surface area contributed by atoms with E-state index in [2.05, 4.69) is 4.98 Å². The molecule has 2 aliphatic heterocycles. The van der Waals surface area contributed by atoms with Gasteiger partial charge in [0, 0.05) is 32.3 Å². The van der Waals surface area contributed by atoms with Crippen LogP contribution in [0.3, 0.4) is 0 Å². The molecule has 1 aromatic rings. The highest BCUT2D eigenvalue weighted by Crippen LogP contribution is 2.22. The van der Waals surface area contributed by atoms with Crippen LogP contribution in [0.15, 0.2) is 24.4 Å². The molecular weight excluding hydrogens is 282 g/mol. The molecule has 0 aliphatic carbocycles. The van der Waals surface area contributed by atoms with Crippen molar-refractivity contribution in [2.75, 3.05) is 26.2 Å². The first kappa shape index (κ1) is 15.0. The second-order valence-electron chi connectivity index (χ2n) is 5.96. The number of amides is 2. The molecule has 6 heteroatoms. The number of likely N-dealkylation sites (tertiary alicyclic amines) is 1. The van der Waals surface area contributed by atoms with Crippen LogP contribution in [0.1, 0.15) is 19.0 Å². The topological polar surface area (TPSA) is 62.7 Å². The SMILES string of the molecule is C[C@H]1CN(C(=O)[C@@H]2CC(=O)N(Cc3ccccn3)C2)CCO1. The monoisotopic (exact) mass is 303 g/mol. The quantitative estimate of drug-likeness (QED) is 0.824. The fraction of sp³-hybridized carbons (Fsp3) is 0.562. The summed E-state index contributed by atoms with van der Waals surface area (Å²) in [6, 6.07) is 5.65. The normalized spacial score (nSPS) is 25.6. The molecule has 0 unspecified atom stereocenters. The summed E-state index contributed by atoms with van der Waals surface area (Å²) in [6.07, 6.45) is 2.09. The maximum Gasteiger partial charge on any atom is 0.228 e. The van der Waals surface area contributed by atoms with Crippen molar-refractivity contribution >= 4 is 11.8 Å². The van der Waals surface area contributed by atoms with Crippen LogP contribution in [0.5, 0.6) is 0 Å². The molecule has 2 amide bonds. The van der Waals surface area contributed by atoms with E-state index in [0.29, 0.717) is 39.2 Å². The molecule has 0 N–H and O–H groups in total. The molecule has 0 radical (unpaired) electrons. The largest absolute Gasteiger partial charge is 0.375 e. The van der Waals surface area contributed by atoms with Crippen molar-refractivity contribution in [2.45, 2.75) is 26.0 Å². The van der Waals surface area contributed by atoms with Gasteiger partial charge in [-0.1, -0.05) is 6.07 Å². The number of hydrogen-bond acceptors (Lipinski definition) is 4. The molecule has 0 aromatic carbocycles. The summed E-state index contributed by atoms with van der Waals surface area (Å²) >= 11 is 0. The highest BCUT2D eigenvalue weighted by molar-refractivity contribution is 5.89. The standard InChI is InChI=1S/C16H21N3O3/c1-12-9-18(6-7-22-12)16(21)13-8-15(20)19(10-13)11-14-4-2-3-5-17-14/h2-5,12-13H,6-11H2,1H3/t12-,13+/m0/s1. The summed E-state index contributed by atoms with van der Waals surface area (Å²) in [5.74, 6) is -0.126. The Morgan fingerprint density at radius 3 is 3.00 bits per heavy atom. The average molecular weight is 303 g/mol. The van der Waals surface area contributed by atoms with Gasteiger partial charge in [-0.25, -0.2) is 0 Å². The maximum absolute atomic E-state index is 12.6. The van der Waals surface area contributed by atoms with Crippen LogP contribution in [0.25, 0.3) is 0 Å². The number of rotatable bonds is 3. The molecule has 2 atom stereocenters. The summed E-state index contributed by atoms with van der Waals surface area (Å²) in [6.45, 7) is 4.73. The van der Waals surface area contributed by atoms with Gasteiger partial charge in [-0.05, 0) is 19.1 Å². The third-order valence-electron chi connectivity index (χ3n) is 4.20. The van der Waals surface area contributed by atoms with E-state index in [0.717, 1.165) is 5.69 Å². The van der Waals surface area contributed by atoms with Gasteiger partial charge in [-0.15, -0.1) is 0 Å². The van der Waals surface area contributed by atoms with Crippen LogP contribution in [0, 0.1) is 5.92 Å². The summed E-state index contributed by atoms with van der Waals surface area (Å²) < 4.78 is 5.46. The molecule has 3 heterocycles. The third-order valence-corrected chi connectivity index (χ3v) is 4.20. The minimum atomic E-state index is -0.235. The Morgan fingerprint density at radius 2 is 2.27 bits per heavy atom. The fourth-order valence-corrected chi connectivity index (χ4v) is 3.05. The van der Waals surface area contributed by atoms with Crippen molar-refractivity contribution in [3.63, 3.8) is 0 Å². The lowest BCUT2D eigenvalue weighted by Crippen LogP contribution is -2.47. The Morgan fingerprint density at radius 1 is 1.41 bits per heavy atom. The number of hydrogen-bond donors (Lipinski definition) is 0. The lowest BCUT2D eigenvalue weighted by molar-refractivity contribution is -0.142. The molecule has 1 aromatic heterocycles. The third kappa shape index (κ3) is 3.27. The zero-order valence-electron chi connectivity index (χ0n) is 12.8. The van der Waals surface area contributed by atoms with Crippen LogP contribution in [-0.2, 0) is 20.9 Å². The molecule has 2 fully saturated rings. The fourth-order valence-electron chi connectivity index (χ4n) is 3.05. The van der Waals surface area contributed by atoms with Gasteiger partial charge in [0.05, 0.1) is 30.9 Å². The Kier molecular flexibility index (Phi) is 4.38. The molecule has 118 valence electrons. The number of morpholine rings is 1. The average Bonchev–Trinajstić information content (AvgIpc) is 2.88. The number of carbonyl (C=O) groups is 2. The minimum Gasteiger partial charge on any atom is -0.375 e. The summed E-state index contributed by atoms with van der Waals surface area (Å²) in [4.78, 5) is 32.5. The first-order chi connectivity index (χ1) is 10.6. The van der Waals surface area contributed by atoms with Gasteiger partial charge in [0.25, 0.3) is 0 Å². The van der Waals surface area contributed by atoms with Crippen molar-refractivity contribution in [1.29, 1.82) is 0 Å². The van der Waals surface area contributed by atoms with Crippen molar-refractivity contribution < 1.29 is 14.3 Å². The van der Waals surface area contributed by atoms with E-state index in [1.807, 2.05) is 30.0 Å². The van der Waals surface area contributed by atoms with E-state index in [-0.39, 0.29) is 23.8 Å². The molecule has 0 bridgehead atoms. The molecular formula is C16H21N3O3. The first-order valence-corrected chi connectivity index (χ1v) is 7.71. The number of carbonyl (C=O) groups excluding carboxylic acids is 2. The van der Waals surface area contributed by atoms with Gasteiger partial charge in [0.1, 0.15) is 0 Å². The van der Waals surface area contributed by atoms with E-state index in [9.17, 15) is 9.59 Å². The predicted octanol–water partition coefficient (Wildman–Crippen LogP) is 0.677. The summed E-state index contributed by atoms with van der Waals surface area (Å²) in [7, 11) is 0. The van der Waals surface area contributed by atoms with Crippen molar-refractivity contribution in [1.82, 2.24) is 14.8 Å². The van der Waals surface area contributed by atoms with E-state index in [4.69, 9.17) is 4.74 Å². The molecule has 0 spiro atoms. The van der Waals surface area contributed by atoms with Crippen LogP contribution in [0.2, 0.25) is 0 Å². The lowest BCUT2D eigenvalue weighted by atomic mass is 10.1. The Hall–Kier alpha value is -1.95. The summed E-state index contributed by atoms with van der Waals surface area (Å²) in [5.41, 5.74) is 0.851. The van der Waals surface area contributed by atoms with E-state index < -0.39 is 0 Å². The number of nitrogens with zero attached hydrogens (tertiary/aromatic N) is 3. The van der Waals surface area contributed by atoms with Gasteiger partial charge < -0.3 is 14.5 Å². The van der Waals surface area contributed by atoms with Gasteiger partial charge in [0.2, 0.25) is 11.8 Å². The van der Waals surface area contributed by atoms with Crippen LogP contribution in [0.4, 0.5) is 0 Å². The molecule has 0 saturated carbocycles. The molecule has 2 aliphatic rings. The number of ether oxygens (including phenoxy) is 1. The second-order valence-corrected chi connectivity index (χ2v) is 5.96. The number of aromatic nitrogens is 1. The lowest BCUT2D eigenvalue weighted by Gasteiger charge is -2.32. The Balaban J connectivity index is 1.60. The Bertz CT molecular complexity index is 549. The molecule has 2 saturated heterocycles. The van der Waals surface area contributed by atoms with Crippen LogP contribution in [-0.4, -0.2) is 58.9 Å². The molecule has 6 nitrogen and oxygen atoms in total. The van der Waals surface area contributed by atoms with Crippen molar-refractivity contribution in [3.8, 4) is 0 Å². The predicted molar refractivity (Wildman–Crippen MR) is 79.8 cm³/mol. The van der Waals surface area contributed by atoms with Crippen molar-refractivity contribution in [3.05, 3.63) is 30.1 Å². The van der Waals surface area contributed by atoms with E-state index >= 15 is 0 Å².